The second-order valence-electron chi connectivity index (χ2n) is 4.20. The summed E-state index contributed by atoms with van der Waals surface area (Å²) in [7, 11) is 1.61. The fourth-order valence-electron chi connectivity index (χ4n) is 1.49. The molecule has 1 saturated carbocycles. The predicted molar refractivity (Wildman–Crippen MR) is 68.0 cm³/mol. The van der Waals surface area contributed by atoms with Crippen molar-refractivity contribution < 1.29 is 14.3 Å². The van der Waals surface area contributed by atoms with Gasteiger partial charge in [0.25, 0.3) is 0 Å². The van der Waals surface area contributed by atoms with Crippen LogP contribution in [-0.2, 0) is 0 Å². The highest BCUT2D eigenvalue weighted by atomic mass is 16.5. The first-order valence-corrected chi connectivity index (χ1v) is 6.09. The third-order valence-corrected chi connectivity index (χ3v) is 2.61. The Labute approximate surface area is 106 Å². The van der Waals surface area contributed by atoms with Gasteiger partial charge in [0, 0.05) is 12.1 Å². The summed E-state index contributed by atoms with van der Waals surface area (Å²) in [6.45, 7) is 0.918. The Morgan fingerprint density at radius 3 is 2.89 bits per heavy atom. The molecule has 0 saturated heterocycles. The lowest BCUT2D eigenvalue weighted by molar-refractivity contribution is 0.236. The molecule has 0 radical (unpaired) electrons. The molecule has 0 bridgehead atoms. The number of carbonyl (C=O) groups is 1. The zero-order chi connectivity index (χ0) is 12.8. The molecule has 1 aromatic rings. The second kappa shape index (κ2) is 6.14. The number of rotatable bonds is 6. The van der Waals surface area contributed by atoms with Gasteiger partial charge in [-0.2, -0.15) is 0 Å². The molecule has 1 aliphatic rings. The lowest BCUT2D eigenvalue weighted by atomic mass is 10.3. The molecule has 2 rings (SSSR count). The number of benzene rings is 1. The minimum Gasteiger partial charge on any atom is -0.497 e. The number of ether oxygens (including phenoxy) is 2. The van der Waals surface area contributed by atoms with Gasteiger partial charge in [0.05, 0.1) is 13.7 Å². The van der Waals surface area contributed by atoms with E-state index in [-0.39, 0.29) is 6.03 Å². The summed E-state index contributed by atoms with van der Waals surface area (Å²) in [4.78, 5) is 11.3. The van der Waals surface area contributed by atoms with Crippen molar-refractivity contribution in [1.29, 1.82) is 0 Å². The summed E-state index contributed by atoms with van der Waals surface area (Å²) in [6, 6.07) is 7.64. The summed E-state index contributed by atoms with van der Waals surface area (Å²) in [5, 5.41) is 5.59. The van der Waals surface area contributed by atoms with E-state index in [0.29, 0.717) is 19.2 Å². The predicted octanol–water partition coefficient (Wildman–Crippen LogP) is 1.54. The molecule has 0 atom stereocenters. The van der Waals surface area contributed by atoms with E-state index in [1.54, 1.807) is 7.11 Å². The molecule has 2 amide bonds. The van der Waals surface area contributed by atoms with Crippen molar-refractivity contribution >= 4 is 6.03 Å². The first-order valence-electron chi connectivity index (χ1n) is 6.09. The van der Waals surface area contributed by atoms with E-state index in [0.717, 1.165) is 24.3 Å². The highest BCUT2D eigenvalue weighted by molar-refractivity contribution is 5.74. The molecular formula is C13H18N2O3. The quantitative estimate of drug-likeness (QED) is 0.753. The van der Waals surface area contributed by atoms with Gasteiger partial charge in [0.1, 0.15) is 18.1 Å². The standard InChI is InChI=1S/C13H18N2O3/c1-17-11-3-2-4-12(9-11)18-8-7-14-13(16)15-10-5-6-10/h2-4,9-10H,5-8H2,1H3,(H2,14,15,16). The van der Waals surface area contributed by atoms with Crippen LogP contribution >= 0.6 is 0 Å². The summed E-state index contributed by atoms with van der Waals surface area (Å²) in [5.41, 5.74) is 0. The number of nitrogens with one attached hydrogen (secondary N) is 2. The molecule has 0 spiro atoms. The van der Waals surface area contributed by atoms with Crippen LogP contribution in [0, 0.1) is 0 Å². The Hall–Kier alpha value is -1.91. The molecule has 0 aromatic heterocycles. The van der Waals surface area contributed by atoms with Crippen molar-refractivity contribution in [2.75, 3.05) is 20.3 Å². The maximum atomic E-state index is 11.3. The molecule has 0 aliphatic heterocycles. The maximum Gasteiger partial charge on any atom is 0.315 e. The zero-order valence-electron chi connectivity index (χ0n) is 10.4. The van der Waals surface area contributed by atoms with Gasteiger partial charge in [-0.1, -0.05) is 6.07 Å². The van der Waals surface area contributed by atoms with Gasteiger partial charge in [-0.15, -0.1) is 0 Å². The number of urea groups is 1. The normalized spacial score (nSPS) is 13.8. The highest BCUT2D eigenvalue weighted by Crippen LogP contribution is 2.19. The largest absolute Gasteiger partial charge is 0.497 e. The van der Waals surface area contributed by atoms with Crippen LogP contribution in [0.2, 0.25) is 0 Å². The molecule has 5 heteroatoms. The number of hydrogen-bond acceptors (Lipinski definition) is 3. The molecule has 2 N–H and O–H groups in total. The van der Waals surface area contributed by atoms with E-state index in [1.165, 1.54) is 0 Å². The maximum absolute atomic E-state index is 11.3. The molecule has 18 heavy (non-hydrogen) atoms. The van der Waals surface area contributed by atoms with Crippen molar-refractivity contribution in [2.24, 2.45) is 0 Å². The van der Waals surface area contributed by atoms with Gasteiger partial charge in [-0.05, 0) is 25.0 Å². The van der Waals surface area contributed by atoms with Gasteiger partial charge in [0.2, 0.25) is 0 Å². The van der Waals surface area contributed by atoms with Crippen molar-refractivity contribution in [3.8, 4) is 11.5 Å². The average Bonchev–Trinajstić information content (AvgIpc) is 3.19. The van der Waals surface area contributed by atoms with Crippen LogP contribution in [0.1, 0.15) is 12.8 Å². The lowest BCUT2D eigenvalue weighted by Crippen LogP contribution is -2.38. The topological polar surface area (TPSA) is 59.6 Å². The van der Waals surface area contributed by atoms with Gasteiger partial charge in [0.15, 0.2) is 0 Å². The molecular weight excluding hydrogens is 232 g/mol. The summed E-state index contributed by atoms with van der Waals surface area (Å²) in [5.74, 6) is 1.49. The molecule has 1 aromatic carbocycles. The van der Waals surface area contributed by atoms with Crippen LogP contribution in [0.5, 0.6) is 11.5 Å². The van der Waals surface area contributed by atoms with Gasteiger partial charge in [-0.25, -0.2) is 4.79 Å². The Morgan fingerprint density at radius 1 is 1.39 bits per heavy atom. The number of carbonyl (C=O) groups excluding carboxylic acids is 1. The van der Waals surface area contributed by atoms with Crippen molar-refractivity contribution in [3.63, 3.8) is 0 Å². The molecule has 0 unspecified atom stereocenters. The molecule has 0 heterocycles. The summed E-state index contributed by atoms with van der Waals surface area (Å²) >= 11 is 0. The first kappa shape index (κ1) is 12.5. The first-order chi connectivity index (χ1) is 8.78. The van der Waals surface area contributed by atoms with Crippen LogP contribution in [-0.4, -0.2) is 32.3 Å². The molecule has 98 valence electrons. The average molecular weight is 250 g/mol. The van der Waals surface area contributed by atoms with Crippen LogP contribution in [0.25, 0.3) is 0 Å². The monoisotopic (exact) mass is 250 g/mol. The minimum atomic E-state index is -0.119. The zero-order valence-corrected chi connectivity index (χ0v) is 10.4. The SMILES string of the molecule is COc1cccc(OCCNC(=O)NC2CC2)c1. The van der Waals surface area contributed by atoms with Gasteiger partial charge < -0.3 is 20.1 Å². The number of amides is 2. The van der Waals surface area contributed by atoms with E-state index in [2.05, 4.69) is 10.6 Å². The second-order valence-corrected chi connectivity index (χ2v) is 4.20. The Bertz CT molecular complexity index is 405. The van der Waals surface area contributed by atoms with Crippen LogP contribution in [0.4, 0.5) is 4.79 Å². The van der Waals surface area contributed by atoms with E-state index in [9.17, 15) is 4.79 Å². The van der Waals surface area contributed by atoms with Gasteiger partial charge >= 0.3 is 6.03 Å². The fraction of sp³-hybridized carbons (Fsp3) is 0.462. The minimum absolute atomic E-state index is 0.119. The fourth-order valence-corrected chi connectivity index (χ4v) is 1.49. The number of methoxy groups -OCH3 is 1. The van der Waals surface area contributed by atoms with E-state index in [4.69, 9.17) is 9.47 Å². The molecule has 5 nitrogen and oxygen atoms in total. The number of hydrogen-bond donors (Lipinski definition) is 2. The third kappa shape index (κ3) is 4.16. The van der Waals surface area contributed by atoms with E-state index >= 15 is 0 Å². The Morgan fingerprint density at radius 2 is 2.17 bits per heavy atom. The Balaban J connectivity index is 1.63. The van der Waals surface area contributed by atoms with E-state index in [1.807, 2.05) is 24.3 Å². The summed E-state index contributed by atoms with van der Waals surface area (Å²) in [6.07, 6.45) is 2.18. The lowest BCUT2D eigenvalue weighted by Gasteiger charge is -2.09. The highest BCUT2D eigenvalue weighted by Gasteiger charge is 2.22. The molecule has 1 aliphatic carbocycles. The Kier molecular flexibility index (Phi) is 4.28. The van der Waals surface area contributed by atoms with Crippen LogP contribution in [0.15, 0.2) is 24.3 Å². The smallest absolute Gasteiger partial charge is 0.315 e. The third-order valence-electron chi connectivity index (χ3n) is 2.61. The van der Waals surface area contributed by atoms with Gasteiger partial charge in [-0.3, -0.25) is 0 Å². The van der Waals surface area contributed by atoms with Crippen molar-refractivity contribution in [2.45, 2.75) is 18.9 Å². The van der Waals surface area contributed by atoms with E-state index < -0.39 is 0 Å². The summed E-state index contributed by atoms with van der Waals surface area (Å²) < 4.78 is 10.6. The van der Waals surface area contributed by atoms with Crippen LogP contribution in [0.3, 0.4) is 0 Å². The van der Waals surface area contributed by atoms with Crippen molar-refractivity contribution in [3.05, 3.63) is 24.3 Å². The van der Waals surface area contributed by atoms with Crippen LogP contribution < -0.4 is 20.1 Å². The molecule has 1 fully saturated rings. The van der Waals surface area contributed by atoms with Crippen molar-refractivity contribution in [1.82, 2.24) is 10.6 Å².